The molecular weight excluding hydrogens is 262 g/mol. The van der Waals surface area contributed by atoms with Gasteiger partial charge in [-0.05, 0) is 44.4 Å². The van der Waals surface area contributed by atoms with E-state index in [1.165, 1.54) is 25.7 Å². The average molecular weight is 289 g/mol. The summed E-state index contributed by atoms with van der Waals surface area (Å²) in [6.07, 6.45) is 8.37. The standard InChI is InChI=1S/C17H27N3O/c1-10-9-19-14(11(2)17(10)21-3)8-15(20-18)16-12-6-4-5-7-13(12)16/h9,12-13,15-16,20H,4-8,18H2,1-3H3. The maximum atomic E-state index is 5.86. The van der Waals surface area contributed by atoms with E-state index < -0.39 is 0 Å². The van der Waals surface area contributed by atoms with E-state index in [2.05, 4.69) is 17.3 Å². The zero-order valence-corrected chi connectivity index (χ0v) is 13.4. The molecule has 0 amide bonds. The molecule has 21 heavy (non-hydrogen) atoms. The first-order valence-corrected chi connectivity index (χ1v) is 8.12. The van der Waals surface area contributed by atoms with Gasteiger partial charge in [0.2, 0.25) is 0 Å². The number of hydrogen-bond acceptors (Lipinski definition) is 4. The van der Waals surface area contributed by atoms with Crippen LogP contribution in [-0.2, 0) is 6.42 Å². The molecular formula is C17H27N3O. The van der Waals surface area contributed by atoms with Crippen LogP contribution in [0, 0.1) is 31.6 Å². The highest BCUT2D eigenvalue weighted by Crippen LogP contribution is 2.57. The van der Waals surface area contributed by atoms with Gasteiger partial charge in [-0.15, -0.1) is 0 Å². The minimum Gasteiger partial charge on any atom is -0.496 e. The van der Waals surface area contributed by atoms with Gasteiger partial charge in [-0.25, -0.2) is 0 Å². The summed E-state index contributed by atoms with van der Waals surface area (Å²) in [4.78, 5) is 4.63. The number of aromatic nitrogens is 1. The number of pyridine rings is 1. The third-order valence-electron chi connectivity index (χ3n) is 5.56. The summed E-state index contributed by atoms with van der Waals surface area (Å²) in [6, 6.07) is 0.344. The van der Waals surface area contributed by atoms with Gasteiger partial charge in [0.1, 0.15) is 5.75 Å². The van der Waals surface area contributed by atoms with Crippen molar-refractivity contribution in [2.24, 2.45) is 23.6 Å². The Balaban J connectivity index is 1.76. The number of methoxy groups -OCH3 is 1. The number of fused-ring (bicyclic) bond motifs is 1. The van der Waals surface area contributed by atoms with Crippen LogP contribution in [0.25, 0.3) is 0 Å². The van der Waals surface area contributed by atoms with E-state index in [9.17, 15) is 0 Å². The summed E-state index contributed by atoms with van der Waals surface area (Å²) < 4.78 is 5.51. The van der Waals surface area contributed by atoms with Crippen molar-refractivity contribution in [2.75, 3.05) is 7.11 Å². The lowest BCUT2D eigenvalue weighted by atomic mass is 10.00. The molecule has 3 unspecified atom stereocenters. The molecule has 1 aromatic heterocycles. The highest BCUT2D eigenvalue weighted by Gasteiger charge is 2.53. The molecule has 4 nitrogen and oxygen atoms in total. The van der Waals surface area contributed by atoms with Crippen molar-refractivity contribution < 1.29 is 4.74 Å². The van der Waals surface area contributed by atoms with Crippen LogP contribution in [0.2, 0.25) is 0 Å². The Hall–Kier alpha value is -1.13. The van der Waals surface area contributed by atoms with E-state index in [1.54, 1.807) is 7.11 Å². The maximum absolute atomic E-state index is 5.86. The number of rotatable bonds is 5. The molecule has 116 valence electrons. The quantitative estimate of drug-likeness (QED) is 0.646. The number of nitrogens with one attached hydrogen (secondary N) is 1. The van der Waals surface area contributed by atoms with Crippen LogP contribution in [-0.4, -0.2) is 18.1 Å². The van der Waals surface area contributed by atoms with Crippen LogP contribution in [0.5, 0.6) is 5.75 Å². The van der Waals surface area contributed by atoms with Crippen molar-refractivity contribution in [2.45, 2.75) is 52.0 Å². The van der Waals surface area contributed by atoms with Crippen molar-refractivity contribution in [3.05, 3.63) is 23.0 Å². The molecule has 1 heterocycles. The lowest BCUT2D eigenvalue weighted by molar-refractivity contribution is 0.402. The van der Waals surface area contributed by atoms with Gasteiger partial charge in [-0.1, -0.05) is 12.8 Å². The monoisotopic (exact) mass is 289 g/mol. The summed E-state index contributed by atoms with van der Waals surface area (Å²) >= 11 is 0. The molecule has 3 atom stereocenters. The second kappa shape index (κ2) is 5.93. The summed E-state index contributed by atoms with van der Waals surface area (Å²) in [5, 5.41) is 0. The Morgan fingerprint density at radius 1 is 1.33 bits per heavy atom. The number of hydrogen-bond donors (Lipinski definition) is 2. The van der Waals surface area contributed by atoms with Crippen LogP contribution in [0.1, 0.15) is 42.5 Å². The topological polar surface area (TPSA) is 60.2 Å². The molecule has 0 aliphatic heterocycles. The second-order valence-corrected chi connectivity index (χ2v) is 6.71. The van der Waals surface area contributed by atoms with E-state index in [0.29, 0.717) is 6.04 Å². The Morgan fingerprint density at radius 3 is 2.57 bits per heavy atom. The minimum absolute atomic E-state index is 0.344. The van der Waals surface area contributed by atoms with Gasteiger partial charge >= 0.3 is 0 Å². The maximum Gasteiger partial charge on any atom is 0.128 e. The van der Waals surface area contributed by atoms with E-state index in [1.807, 2.05) is 13.1 Å². The zero-order valence-electron chi connectivity index (χ0n) is 13.4. The molecule has 0 spiro atoms. The Kier molecular flexibility index (Phi) is 4.18. The molecule has 2 aliphatic rings. The SMILES string of the molecule is COc1c(C)cnc(CC(NN)C2C3CCCCC32)c1C. The van der Waals surface area contributed by atoms with Crippen molar-refractivity contribution in [3.8, 4) is 5.75 Å². The van der Waals surface area contributed by atoms with Crippen LogP contribution in [0.3, 0.4) is 0 Å². The predicted octanol–water partition coefficient (Wildman–Crippen LogP) is 2.52. The van der Waals surface area contributed by atoms with Crippen LogP contribution >= 0.6 is 0 Å². The lowest BCUT2D eigenvalue weighted by Crippen LogP contribution is -2.39. The number of aryl methyl sites for hydroxylation is 1. The minimum atomic E-state index is 0.344. The highest BCUT2D eigenvalue weighted by atomic mass is 16.5. The normalized spacial score (nSPS) is 28.9. The Bertz CT molecular complexity index is 505. The van der Waals surface area contributed by atoms with E-state index >= 15 is 0 Å². The summed E-state index contributed by atoms with van der Waals surface area (Å²) in [7, 11) is 1.73. The zero-order chi connectivity index (χ0) is 15.0. The van der Waals surface area contributed by atoms with E-state index in [0.717, 1.165) is 46.7 Å². The van der Waals surface area contributed by atoms with Crippen molar-refractivity contribution in [1.29, 1.82) is 0 Å². The van der Waals surface area contributed by atoms with Crippen LogP contribution in [0.15, 0.2) is 6.20 Å². The number of nitrogens with zero attached hydrogens (tertiary/aromatic N) is 1. The fraction of sp³-hybridized carbons (Fsp3) is 0.706. The molecule has 1 aromatic rings. The average Bonchev–Trinajstić information content (AvgIpc) is 3.22. The van der Waals surface area contributed by atoms with Gasteiger partial charge in [0.25, 0.3) is 0 Å². The van der Waals surface area contributed by atoms with Crippen molar-refractivity contribution in [1.82, 2.24) is 10.4 Å². The molecule has 2 fully saturated rings. The molecule has 0 saturated heterocycles. The third kappa shape index (κ3) is 2.67. The fourth-order valence-electron chi connectivity index (χ4n) is 4.44. The van der Waals surface area contributed by atoms with Gasteiger partial charge in [0, 0.05) is 35.5 Å². The molecule has 3 rings (SSSR count). The largest absolute Gasteiger partial charge is 0.496 e. The first-order valence-electron chi connectivity index (χ1n) is 8.12. The van der Waals surface area contributed by atoms with E-state index in [-0.39, 0.29) is 0 Å². The molecule has 0 bridgehead atoms. The van der Waals surface area contributed by atoms with Gasteiger partial charge in [-0.3, -0.25) is 16.3 Å². The molecule has 2 saturated carbocycles. The molecule has 0 radical (unpaired) electrons. The van der Waals surface area contributed by atoms with Crippen LogP contribution < -0.4 is 16.0 Å². The summed E-state index contributed by atoms with van der Waals surface area (Å²) in [6.45, 7) is 4.14. The van der Waals surface area contributed by atoms with Crippen molar-refractivity contribution >= 4 is 0 Å². The fourth-order valence-corrected chi connectivity index (χ4v) is 4.44. The second-order valence-electron chi connectivity index (χ2n) is 6.71. The molecule has 3 N–H and O–H groups in total. The predicted molar refractivity (Wildman–Crippen MR) is 84.0 cm³/mol. The molecule has 0 aromatic carbocycles. The van der Waals surface area contributed by atoms with Gasteiger partial charge in [-0.2, -0.15) is 0 Å². The first kappa shape index (κ1) is 14.8. The van der Waals surface area contributed by atoms with E-state index in [4.69, 9.17) is 10.6 Å². The third-order valence-corrected chi connectivity index (χ3v) is 5.56. The number of hydrazine groups is 1. The summed E-state index contributed by atoms with van der Waals surface area (Å²) in [5.74, 6) is 9.35. The van der Waals surface area contributed by atoms with Crippen molar-refractivity contribution in [3.63, 3.8) is 0 Å². The van der Waals surface area contributed by atoms with Gasteiger partial charge in [0.05, 0.1) is 7.11 Å². The Morgan fingerprint density at radius 2 is 2.00 bits per heavy atom. The molecule has 4 heteroatoms. The summed E-state index contributed by atoms with van der Waals surface area (Å²) in [5.41, 5.74) is 6.43. The first-order chi connectivity index (χ1) is 10.2. The Labute approximate surface area is 127 Å². The number of nitrogens with two attached hydrogens (primary N) is 1. The lowest BCUT2D eigenvalue weighted by Gasteiger charge is -2.19. The van der Waals surface area contributed by atoms with Crippen LogP contribution in [0.4, 0.5) is 0 Å². The number of ether oxygens (including phenoxy) is 1. The smallest absolute Gasteiger partial charge is 0.128 e. The van der Waals surface area contributed by atoms with Gasteiger partial charge in [0.15, 0.2) is 0 Å². The molecule has 2 aliphatic carbocycles. The highest BCUT2D eigenvalue weighted by molar-refractivity contribution is 5.41. The van der Waals surface area contributed by atoms with Gasteiger partial charge < -0.3 is 4.74 Å².